The van der Waals surface area contributed by atoms with Crippen LogP contribution in [0.5, 0.6) is 0 Å². The van der Waals surface area contributed by atoms with Gasteiger partial charge in [-0.25, -0.2) is 14.8 Å². The van der Waals surface area contributed by atoms with Gasteiger partial charge in [0.25, 0.3) is 5.91 Å². The quantitative estimate of drug-likeness (QED) is 0.344. The van der Waals surface area contributed by atoms with Gasteiger partial charge in [0.15, 0.2) is 6.10 Å². The Labute approximate surface area is 219 Å². The summed E-state index contributed by atoms with van der Waals surface area (Å²) in [6.07, 6.45) is 2.58. The van der Waals surface area contributed by atoms with Crippen molar-refractivity contribution in [2.24, 2.45) is 5.92 Å². The van der Waals surface area contributed by atoms with Crippen LogP contribution in [0.2, 0.25) is 0 Å². The fourth-order valence-electron chi connectivity index (χ4n) is 5.75. The number of benzene rings is 2. The molecular formula is C29H28N2O5S. The summed E-state index contributed by atoms with van der Waals surface area (Å²) in [6.45, 7) is 3.96. The highest BCUT2D eigenvalue weighted by atomic mass is 32.1. The average molecular weight is 517 g/mol. The van der Waals surface area contributed by atoms with Crippen LogP contribution >= 0.6 is 11.3 Å². The molecular weight excluding hydrogens is 488 g/mol. The number of hydrogen-bond donors (Lipinski definition) is 0. The first-order chi connectivity index (χ1) is 18.0. The number of ether oxygens (including phenoxy) is 1. The van der Waals surface area contributed by atoms with Crippen LogP contribution in [0.3, 0.4) is 0 Å². The number of para-hydroxylation sites is 1. The van der Waals surface area contributed by atoms with E-state index in [1.54, 1.807) is 12.0 Å². The lowest BCUT2D eigenvalue weighted by Gasteiger charge is -2.29. The van der Waals surface area contributed by atoms with Gasteiger partial charge < -0.3 is 4.74 Å². The lowest BCUT2D eigenvalue weighted by molar-refractivity contribution is -0.126. The predicted octanol–water partition coefficient (Wildman–Crippen LogP) is 5.16. The Kier molecular flexibility index (Phi) is 6.09. The molecule has 0 bridgehead atoms. The topological polar surface area (TPSA) is 76.2 Å². The van der Waals surface area contributed by atoms with Crippen LogP contribution in [0.4, 0.5) is 10.7 Å². The largest absolute Gasteiger partial charge is 0.462 e. The molecule has 1 aliphatic carbocycles. The van der Waals surface area contributed by atoms with Gasteiger partial charge in [-0.1, -0.05) is 48.5 Å². The number of hydrogen-bond acceptors (Lipinski definition) is 7. The van der Waals surface area contributed by atoms with Gasteiger partial charge in [-0.05, 0) is 62.3 Å². The Hall–Kier alpha value is -3.49. The number of esters is 1. The lowest BCUT2D eigenvalue weighted by atomic mass is 9.90. The maximum Gasteiger partial charge on any atom is 0.341 e. The fraction of sp³-hybridized carbons (Fsp3) is 0.345. The Balaban J connectivity index is 1.45. The summed E-state index contributed by atoms with van der Waals surface area (Å²) in [5.41, 5.74) is 3.98. The number of amides is 2. The Bertz CT molecular complexity index is 1380. The molecule has 190 valence electrons. The van der Waals surface area contributed by atoms with Crippen molar-refractivity contribution in [1.29, 1.82) is 0 Å². The van der Waals surface area contributed by atoms with Gasteiger partial charge in [-0.2, -0.15) is 0 Å². The molecule has 0 N–H and O–H groups in total. The minimum Gasteiger partial charge on any atom is -0.462 e. The molecule has 6 rings (SSSR count). The van der Waals surface area contributed by atoms with Crippen LogP contribution in [-0.2, 0) is 32.0 Å². The first-order valence-corrected chi connectivity index (χ1v) is 13.6. The van der Waals surface area contributed by atoms with E-state index < -0.39 is 29.9 Å². The number of carbonyl (C=O) groups is 3. The summed E-state index contributed by atoms with van der Waals surface area (Å²) in [5.74, 6) is -2.00. The molecule has 3 atom stereocenters. The second-order valence-electron chi connectivity index (χ2n) is 9.64. The first kappa shape index (κ1) is 23.9. The van der Waals surface area contributed by atoms with Gasteiger partial charge >= 0.3 is 5.97 Å². The minimum atomic E-state index is -0.980. The van der Waals surface area contributed by atoms with Gasteiger partial charge in [0.2, 0.25) is 5.91 Å². The van der Waals surface area contributed by atoms with Crippen LogP contribution in [-0.4, -0.2) is 30.5 Å². The van der Waals surface area contributed by atoms with E-state index >= 15 is 0 Å². The normalized spacial score (nSPS) is 22.8. The second-order valence-corrected chi connectivity index (χ2v) is 10.7. The third kappa shape index (κ3) is 3.78. The van der Waals surface area contributed by atoms with E-state index in [0.717, 1.165) is 52.9 Å². The molecule has 2 aliphatic heterocycles. The van der Waals surface area contributed by atoms with Gasteiger partial charge in [-0.3, -0.25) is 14.4 Å². The lowest BCUT2D eigenvalue weighted by Crippen LogP contribution is -2.38. The summed E-state index contributed by atoms with van der Waals surface area (Å²) in [5, 5.41) is 2.10. The van der Waals surface area contributed by atoms with E-state index in [4.69, 9.17) is 9.57 Å². The highest BCUT2D eigenvalue weighted by molar-refractivity contribution is 7.17. The van der Waals surface area contributed by atoms with Crippen molar-refractivity contribution in [2.75, 3.05) is 16.6 Å². The molecule has 3 heterocycles. The monoisotopic (exact) mass is 516 g/mol. The van der Waals surface area contributed by atoms with Crippen molar-refractivity contribution in [2.45, 2.75) is 51.7 Å². The van der Waals surface area contributed by atoms with Crippen molar-refractivity contribution in [3.63, 3.8) is 0 Å². The molecule has 0 spiro atoms. The first-order valence-electron chi connectivity index (χ1n) is 12.8. The van der Waals surface area contributed by atoms with E-state index in [1.165, 1.54) is 16.2 Å². The van der Waals surface area contributed by atoms with E-state index in [1.807, 2.05) is 61.5 Å². The zero-order valence-electron chi connectivity index (χ0n) is 20.8. The number of fused-ring (bicyclic) bond motifs is 2. The SMILES string of the molecule is CCOC(=O)c1c(N2C(=O)[C@@H]3[C@H](ON(c4ccccc4C)[C@H]3c3ccccc3)C2=O)sc2c1CCCC2. The zero-order valence-corrected chi connectivity index (χ0v) is 21.6. The number of anilines is 2. The van der Waals surface area contributed by atoms with E-state index in [0.29, 0.717) is 10.6 Å². The van der Waals surface area contributed by atoms with Gasteiger partial charge in [0.1, 0.15) is 10.9 Å². The summed E-state index contributed by atoms with van der Waals surface area (Å²) in [6, 6.07) is 17.0. The van der Waals surface area contributed by atoms with Crippen molar-refractivity contribution < 1.29 is 24.0 Å². The second kappa shape index (κ2) is 9.43. The van der Waals surface area contributed by atoms with Gasteiger partial charge in [0, 0.05) is 4.88 Å². The number of aryl methyl sites for hydroxylation is 2. The third-order valence-corrected chi connectivity index (χ3v) is 8.72. The summed E-state index contributed by atoms with van der Waals surface area (Å²) >= 11 is 1.37. The summed E-state index contributed by atoms with van der Waals surface area (Å²) < 4.78 is 5.37. The number of nitrogens with zero attached hydrogens (tertiary/aromatic N) is 2. The van der Waals surface area contributed by atoms with Crippen LogP contribution in [0.15, 0.2) is 54.6 Å². The molecule has 1 aromatic heterocycles. The molecule has 2 fully saturated rings. The maximum atomic E-state index is 14.1. The smallest absolute Gasteiger partial charge is 0.341 e. The molecule has 0 radical (unpaired) electrons. The summed E-state index contributed by atoms with van der Waals surface area (Å²) in [7, 11) is 0. The van der Waals surface area contributed by atoms with Crippen molar-refractivity contribution in [3.05, 3.63) is 81.7 Å². The third-order valence-electron chi connectivity index (χ3n) is 7.44. The van der Waals surface area contributed by atoms with Crippen molar-refractivity contribution in [3.8, 4) is 0 Å². The minimum absolute atomic E-state index is 0.223. The van der Waals surface area contributed by atoms with E-state index in [9.17, 15) is 14.4 Å². The Morgan fingerprint density at radius 3 is 2.51 bits per heavy atom. The molecule has 8 heteroatoms. The Morgan fingerprint density at radius 2 is 1.76 bits per heavy atom. The molecule has 7 nitrogen and oxygen atoms in total. The standard InChI is InChI=1S/C29H28N2O5S/c1-3-35-29(34)22-19-14-8-10-16-21(19)37-28(22)30-26(32)23-24(18-12-5-4-6-13-18)31(36-25(23)27(30)33)20-15-9-7-11-17(20)2/h4-7,9,11-13,15,23-25H,3,8,10,14,16H2,1-2H3/t23-,24-,25-/m0/s1. The summed E-state index contributed by atoms with van der Waals surface area (Å²) in [4.78, 5) is 49.7. The molecule has 3 aromatic rings. The number of hydroxylamine groups is 1. The number of thiophene rings is 1. The highest BCUT2D eigenvalue weighted by Crippen LogP contribution is 2.50. The average Bonchev–Trinajstić information content (AvgIpc) is 3.55. The van der Waals surface area contributed by atoms with Crippen LogP contribution in [0.1, 0.15) is 57.7 Å². The molecule has 0 unspecified atom stereocenters. The number of rotatable bonds is 5. The molecule has 0 saturated carbocycles. The van der Waals surface area contributed by atoms with Crippen molar-refractivity contribution >= 4 is 39.8 Å². The van der Waals surface area contributed by atoms with E-state index in [2.05, 4.69) is 0 Å². The molecule has 37 heavy (non-hydrogen) atoms. The molecule has 2 amide bonds. The van der Waals surface area contributed by atoms with E-state index in [-0.39, 0.29) is 12.5 Å². The molecule has 2 aromatic carbocycles. The number of imide groups is 1. The van der Waals surface area contributed by atoms with Gasteiger partial charge in [0.05, 0.1) is 23.9 Å². The van der Waals surface area contributed by atoms with Crippen LogP contribution in [0.25, 0.3) is 0 Å². The van der Waals surface area contributed by atoms with Gasteiger partial charge in [-0.15, -0.1) is 11.3 Å². The zero-order chi connectivity index (χ0) is 25.7. The molecule has 3 aliphatic rings. The molecule has 2 saturated heterocycles. The predicted molar refractivity (Wildman–Crippen MR) is 141 cm³/mol. The fourth-order valence-corrected chi connectivity index (χ4v) is 7.13. The highest BCUT2D eigenvalue weighted by Gasteiger charge is 2.61. The van der Waals surface area contributed by atoms with Crippen LogP contribution in [0, 0.1) is 12.8 Å². The van der Waals surface area contributed by atoms with Crippen LogP contribution < -0.4 is 9.96 Å². The number of carbonyl (C=O) groups excluding carboxylic acids is 3. The van der Waals surface area contributed by atoms with Crippen molar-refractivity contribution in [1.82, 2.24) is 0 Å². The Morgan fingerprint density at radius 1 is 1.03 bits per heavy atom. The maximum absolute atomic E-state index is 14.1.